The van der Waals surface area contributed by atoms with E-state index in [9.17, 15) is 28.8 Å². The first kappa shape index (κ1) is 39.9. The summed E-state index contributed by atoms with van der Waals surface area (Å²) in [5, 5.41) is 7.62. The Morgan fingerprint density at radius 3 is 2.17 bits per heavy atom. The minimum atomic E-state index is -1.15. The second-order valence-electron chi connectivity index (χ2n) is 12.2. The highest BCUT2D eigenvalue weighted by Crippen LogP contribution is 2.46. The molecular formula is C33H52N4O9. The molecule has 0 aliphatic rings. The van der Waals surface area contributed by atoms with Crippen LogP contribution in [-0.4, -0.2) is 68.1 Å². The van der Waals surface area contributed by atoms with Crippen LogP contribution < -0.4 is 21.7 Å². The molecule has 5 N–H and O–H groups in total. The molecule has 1 aromatic rings. The normalized spacial score (nSPS) is 13.7. The summed E-state index contributed by atoms with van der Waals surface area (Å²) in [6.07, 6.45) is 1.64. The van der Waals surface area contributed by atoms with Crippen molar-refractivity contribution in [1.29, 1.82) is 0 Å². The monoisotopic (exact) mass is 648 g/mol. The van der Waals surface area contributed by atoms with E-state index in [1.54, 1.807) is 38.1 Å². The fourth-order valence-corrected chi connectivity index (χ4v) is 4.72. The third-order valence-corrected chi connectivity index (χ3v) is 8.27. The first-order valence-corrected chi connectivity index (χ1v) is 15.8. The van der Waals surface area contributed by atoms with Gasteiger partial charge in [-0.3, -0.25) is 24.0 Å². The molecule has 1 aromatic carbocycles. The highest BCUT2D eigenvalue weighted by Gasteiger charge is 2.47. The molecular weight excluding hydrogens is 596 g/mol. The number of carbonyl (C=O) groups is 6. The Hall–Kier alpha value is -4.16. The summed E-state index contributed by atoms with van der Waals surface area (Å²) in [4.78, 5) is 74.4. The Labute approximate surface area is 272 Å². The van der Waals surface area contributed by atoms with Crippen molar-refractivity contribution in [3.05, 3.63) is 35.9 Å². The number of unbranched alkanes of at least 4 members (excludes halogenated alkanes) is 1. The van der Waals surface area contributed by atoms with Crippen LogP contribution in [0.5, 0.6) is 0 Å². The molecule has 0 heterocycles. The van der Waals surface area contributed by atoms with Crippen molar-refractivity contribution < 1.29 is 43.0 Å². The molecule has 2 unspecified atom stereocenters. The lowest BCUT2D eigenvalue weighted by atomic mass is 9.61. The summed E-state index contributed by atoms with van der Waals surface area (Å²) < 4.78 is 15.7. The molecule has 4 amide bonds. The Morgan fingerprint density at radius 1 is 0.913 bits per heavy atom. The number of primary amides is 1. The molecule has 0 radical (unpaired) electrons. The van der Waals surface area contributed by atoms with Gasteiger partial charge in [-0.25, -0.2) is 4.79 Å². The first-order chi connectivity index (χ1) is 21.7. The van der Waals surface area contributed by atoms with E-state index < -0.39 is 59.2 Å². The molecule has 0 fully saturated rings. The Bertz CT molecular complexity index is 1160. The van der Waals surface area contributed by atoms with Gasteiger partial charge < -0.3 is 35.9 Å². The van der Waals surface area contributed by atoms with Crippen molar-refractivity contribution >= 4 is 35.8 Å². The van der Waals surface area contributed by atoms with E-state index in [-0.39, 0.29) is 38.6 Å². The number of nitrogens with one attached hydrogen (secondary N) is 3. The van der Waals surface area contributed by atoms with Gasteiger partial charge in [0.15, 0.2) is 0 Å². The molecule has 13 heteroatoms. The second kappa shape index (κ2) is 20.1. The predicted octanol–water partition coefficient (Wildman–Crippen LogP) is 3.13. The zero-order valence-electron chi connectivity index (χ0n) is 28.1. The van der Waals surface area contributed by atoms with Crippen molar-refractivity contribution in [2.24, 2.45) is 22.5 Å². The number of ether oxygens (including phenoxy) is 3. The first-order valence-electron chi connectivity index (χ1n) is 15.8. The number of alkyl carbamates (subject to hydrolysis) is 1. The summed E-state index contributed by atoms with van der Waals surface area (Å²) in [5.74, 6) is -3.13. The van der Waals surface area contributed by atoms with Crippen molar-refractivity contribution in [1.82, 2.24) is 16.0 Å². The van der Waals surface area contributed by atoms with E-state index in [2.05, 4.69) is 16.0 Å². The largest absolute Gasteiger partial charge is 0.462 e. The van der Waals surface area contributed by atoms with E-state index in [1.807, 2.05) is 33.8 Å². The van der Waals surface area contributed by atoms with E-state index in [4.69, 9.17) is 19.9 Å². The van der Waals surface area contributed by atoms with Crippen LogP contribution in [0.15, 0.2) is 30.3 Å². The van der Waals surface area contributed by atoms with Crippen molar-refractivity contribution in [3.8, 4) is 0 Å². The minimum Gasteiger partial charge on any atom is -0.462 e. The lowest BCUT2D eigenvalue weighted by Crippen LogP contribution is -2.48. The summed E-state index contributed by atoms with van der Waals surface area (Å²) in [6, 6.07) is 7.83. The third-order valence-electron chi connectivity index (χ3n) is 8.27. The molecule has 0 bridgehead atoms. The number of carbonyl (C=O) groups excluding carboxylic acids is 6. The maximum absolute atomic E-state index is 13.0. The van der Waals surface area contributed by atoms with E-state index >= 15 is 0 Å². The summed E-state index contributed by atoms with van der Waals surface area (Å²) in [6.45, 7) is 10.6. The quantitative estimate of drug-likeness (QED) is 0.0881. The van der Waals surface area contributed by atoms with Gasteiger partial charge in [-0.15, -0.1) is 0 Å². The van der Waals surface area contributed by atoms with Crippen molar-refractivity contribution in [2.45, 2.75) is 92.7 Å². The lowest BCUT2D eigenvalue weighted by Gasteiger charge is -2.42. The average Bonchev–Trinajstić information content (AvgIpc) is 3.02. The molecule has 46 heavy (non-hydrogen) atoms. The maximum Gasteiger partial charge on any atom is 0.408 e. The highest BCUT2D eigenvalue weighted by molar-refractivity contribution is 5.89. The van der Waals surface area contributed by atoms with Crippen LogP contribution in [0.1, 0.15) is 85.6 Å². The van der Waals surface area contributed by atoms with E-state index in [1.165, 1.54) is 0 Å². The third kappa shape index (κ3) is 13.9. The second-order valence-corrected chi connectivity index (χ2v) is 12.2. The smallest absolute Gasteiger partial charge is 0.408 e. The molecule has 3 atom stereocenters. The zero-order valence-corrected chi connectivity index (χ0v) is 28.1. The highest BCUT2D eigenvalue weighted by atomic mass is 16.6. The maximum atomic E-state index is 13.0. The zero-order chi connectivity index (χ0) is 34.8. The van der Waals surface area contributed by atoms with Gasteiger partial charge in [-0.05, 0) is 43.6 Å². The van der Waals surface area contributed by atoms with Crippen LogP contribution in [0.3, 0.4) is 0 Å². The SMILES string of the molecule is CCCCNC(=O)CC[C@H](NC(=O)OCc1ccccc1)C(=O)NCC(=O)OCCOC(=O)C(C)(CC)C(C)(C)CC(C)C(N)=O. The summed E-state index contributed by atoms with van der Waals surface area (Å²) in [5.41, 5.74) is 4.64. The van der Waals surface area contributed by atoms with Gasteiger partial charge in [0.1, 0.15) is 32.4 Å². The lowest BCUT2D eigenvalue weighted by molar-refractivity contribution is -0.167. The molecule has 0 saturated heterocycles. The van der Waals surface area contributed by atoms with Gasteiger partial charge in [0.2, 0.25) is 17.7 Å². The molecule has 258 valence electrons. The molecule has 0 aliphatic carbocycles. The van der Waals surface area contributed by atoms with Crippen LogP contribution in [0.2, 0.25) is 0 Å². The number of nitrogens with two attached hydrogens (primary N) is 1. The fourth-order valence-electron chi connectivity index (χ4n) is 4.72. The standard InChI is InChI=1S/C33H52N4O9/c1-7-9-17-35-26(38)16-15-25(37-31(43)46-22-24-13-11-10-12-14-24)29(41)36-21-27(39)44-18-19-45-30(42)33(6,8-2)32(4,5)20-23(3)28(34)40/h10-14,23,25H,7-9,15-22H2,1-6H3,(H2,34,40)(H,35,38)(H,36,41)(H,37,43)/t23?,25-,33?/m0/s1. The van der Waals surface area contributed by atoms with Gasteiger partial charge in [-0.2, -0.15) is 0 Å². The van der Waals surface area contributed by atoms with Crippen LogP contribution in [0, 0.1) is 16.7 Å². The van der Waals surface area contributed by atoms with Crippen molar-refractivity contribution in [3.63, 3.8) is 0 Å². The van der Waals surface area contributed by atoms with Gasteiger partial charge in [-0.1, -0.05) is 71.4 Å². The van der Waals surface area contributed by atoms with Gasteiger partial charge >= 0.3 is 18.0 Å². The molecule has 0 aliphatic heterocycles. The summed E-state index contributed by atoms with van der Waals surface area (Å²) in [7, 11) is 0. The predicted molar refractivity (Wildman–Crippen MR) is 171 cm³/mol. The Kier molecular flexibility index (Phi) is 17.4. The fraction of sp³-hybridized carbons (Fsp3) is 0.636. The van der Waals surface area contributed by atoms with E-state index in [0.717, 1.165) is 18.4 Å². The number of esters is 2. The molecule has 13 nitrogen and oxygen atoms in total. The number of rotatable bonds is 21. The van der Waals surface area contributed by atoms with Crippen LogP contribution >= 0.6 is 0 Å². The number of benzene rings is 1. The topological polar surface area (TPSA) is 192 Å². The number of hydrogen-bond donors (Lipinski definition) is 4. The Morgan fingerprint density at radius 2 is 1.57 bits per heavy atom. The minimum absolute atomic E-state index is 0.0170. The Balaban J connectivity index is 2.64. The van der Waals surface area contributed by atoms with Crippen LogP contribution in [0.4, 0.5) is 4.79 Å². The summed E-state index contributed by atoms with van der Waals surface area (Å²) >= 11 is 0. The molecule has 1 rings (SSSR count). The number of hydrogen-bond acceptors (Lipinski definition) is 9. The van der Waals surface area contributed by atoms with Crippen molar-refractivity contribution in [2.75, 3.05) is 26.3 Å². The van der Waals surface area contributed by atoms with E-state index in [0.29, 0.717) is 19.4 Å². The van der Waals surface area contributed by atoms with Gasteiger partial charge in [0.05, 0.1) is 5.41 Å². The molecule has 0 saturated carbocycles. The molecule has 0 spiro atoms. The molecule has 0 aromatic heterocycles. The average molecular weight is 649 g/mol. The van der Waals surface area contributed by atoms with Crippen LogP contribution in [0.25, 0.3) is 0 Å². The van der Waals surface area contributed by atoms with Gasteiger partial charge in [0, 0.05) is 18.9 Å². The van der Waals surface area contributed by atoms with Crippen LogP contribution in [-0.2, 0) is 44.8 Å². The van der Waals surface area contributed by atoms with Gasteiger partial charge in [0.25, 0.3) is 0 Å². The number of amides is 4.